The van der Waals surface area contributed by atoms with Crippen LogP contribution in [0.1, 0.15) is 29.3 Å². The van der Waals surface area contributed by atoms with Gasteiger partial charge in [0.15, 0.2) is 11.9 Å². The fraction of sp³-hybridized carbons (Fsp3) is 0.154. The number of nitro benzene ring substituents is 1. The monoisotopic (exact) mass is 355 g/mol. The largest absolute Gasteiger partial charge is 0.476 e. The Morgan fingerprint density at radius 3 is 2.71 bits per heavy atom. The van der Waals surface area contributed by atoms with Crippen LogP contribution in [-0.2, 0) is 0 Å². The Bertz CT molecular complexity index is 696. The number of carbonyl (C=O) groups is 1. The highest BCUT2D eigenvalue weighted by Crippen LogP contribution is 2.33. The number of rotatable bonds is 5. The molecule has 0 amide bonds. The summed E-state index contributed by atoms with van der Waals surface area (Å²) in [7, 11) is 0. The van der Waals surface area contributed by atoms with E-state index < -0.39 is 17.0 Å². The van der Waals surface area contributed by atoms with Gasteiger partial charge in [-0.1, -0.05) is 15.9 Å². The normalized spacial score (nSPS) is 11.9. The van der Waals surface area contributed by atoms with Gasteiger partial charge in [-0.05, 0) is 31.2 Å². The molecule has 21 heavy (non-hydrogen) atoms. The minimum absolute atomic E-state index is 0.0731. The molecule has 0 saturated heterocycles. The quantitative estimate of drug-likeness (QED) is 0.646. The number of furan rings is 1. The maximum Gasteiger partial charge on any atom is 0.371 e. The Labute approximate surface area is 127 Å². The summed E-state index contributed by atoms with van der Waals surface area (Å²) in [5.41, 5.74) is -0.193. The van der Waals surface area contributed by atoms with E-state index in [1.54, 1.807) is 13.0 Å². The smallest absolute Gasteiger partial charge is 0.371 e. The molecule has 0 fully saturated rings. The summed E-state index contributed by atoms with van der Waals surface area (Å²) in [5, 5.41) is 19.8. The molecule has 1 atom stereocenters. The summed E-state index contributed by atoms with van der Waals surface area (Å²) in [6, 6.07) is 7.15. The summed E-state index contributed by atoms with van der Waals surface area (Å²) in [4.78, 5) is 21.2. The van der Waals surface area contributed by atoms with Crippen molar-refractivity contribution in [2.75, 3.05) is 0 Å². The molecule has 1 aromatic carbocycles. The van der Waals surface area contributed by atoms with Crippen LogP contribution in [0.4, 0.5) is 5.69 Å². The van der Waals surface area contributed by atoms with Gasteiger partial charge in [-0.3, -0.25) is 10.1 Å². The zero-order valence-electron chi connectivity index (χ0n) is 10.8. The highest BCUT2D eigenvalue weighted by molar-refractivity contribution is 9.10. The van der Waals surface area contributed by atoms with Crippen LogP contribution in [-0.4, -0.2) is 16.0 Å². The summed E-state index contributed by atoms with van der Waals surface area (Å²) >= 11 is 3.15. The number of halogens is 1. The second-order valence-electron chi connectivity index (χ2n) is 4.14. The predicted octanol–water partition coefficient (Wildman–Crippen LogP) is 3.79. The molecule has 0 aliphatic rings. The van der Waals surface area contributed by atoms with Crippen molar-refractivity contribution >= 4 is 27.6 Å². The minimum atomic E-state index is -1.19. The van der Waals surface area contributed by atoms with Gasteiger partial charge in [0, 0.05) is 10.5 Å². The van der Waals surface area contributed by atoms with Crippen molar-refractivity contribution in [1.29, 1.82) is 0 Å². The maximum atomic E-state index is 11.0. The van der Waals surface area contributed by atoms with Crippen LogP contribution >= 0.6 is 15.9 Å². The summed E-state index contributed by atoms with van der Waals surface area (Å²) in [6.07, 6.45) is -0.669. The lowest BCUT2D eigenvalue weighted by molar-refractivity contribution is -0.386. The Morgan fingerprint density at radius 1 is 1.43 bits per heavy atom. The van der Waals surface area contributed by atoms with Crippen LogP contribution in [0.25, 0.3) is 0 Å². The van der Waals surface area contributed by atoms with E-state index in [1.165, 1.54) is 24.3 Å². The Hall–Kier alpha value is -2.35. The average molecular weight is 356 g/mol. The van der Waals surface area contributed by atoms with Gasteiger partial charge in [-0.2, -0.15) is 0 Å². The van der Waals surface area contributed by atoms with Gasteiger partial charge in [0.1, 0.15) is 5.76 Å². The highest BCUT2D eigenvalue weighted by atomic mass is 79.9. The molecule has 0 radical (unpaired) electrons. The van der Waals surface area contributed by atoms with Crippen molar-refractivity contribution in [2.24, 2.45) is 0 Å². The molecule has 2 rings (SSSR count). The van der Waals surface area contributed by atoms with E-state index in [0.29, 0.717) is 4.47 Å². The van der Waals surface area contributed by atoms with Crippen LogP contribution in [0, 0.1) is 10.1 Å². The Balaban J connectivity index is 2.24. The zero-order chi connectivity index (χ0) is 15.6. The first kappa shape index (κ1) is 15.0. The molecule has 0 spiro atoms. The van der Waals surface area contributed by atoms with Crippen LogP contribution in [0.5, 0.6) is 5.75 Å². The second-order valence-corrected chi connectivity index (χ2v) is 5.05. The third-order valence-corrected chi connectivity index (χ3v) is 3.15. The lowest BCUT2D eigenvalue weighted by Gasteiger charge is -2.12. The first-order valence-electron chi connectivity index (χ1n) is 5.82. The van der Waals surface area contributed by atoms with Crippen LogP contribution < -0.4 is 4.74 Å². The minimum Gasteiger partial charge on any atom is -0.476 e. The lowest BCUT2D eigenvalue weighted by Crippen LogP contribution is -2.04. The standard InChI is InChI=1S/C13H10BrNO6/c1-7(10-4-5-12(21-10)13(16)17)20-11-3-2-8(14)6-9(11)15(18)19/h2-7H,1H3,(H,16,17). The molecular formula is C13H10BrNO6. The van der Waals surface area contributed by atoms with E-state index in [4.69, 9.17) is 14.3 Å². The first-order valence-corrected chi connectivity index (χ1v) is 6.61. The van der Waals surface area contributed by atoms with Crippen molar-refractivity contribution in [3.05, 3.63) is 56.4 Å². The number of benzene rings is 1. The molecule has 0 bridgehead atoms. The molecule has 110 valence electrons. The van der Waals surface area contributed by atoms with Crippen molar-refractivity contribution in [1.82, 2.24) is 0 Å². The molecule has 0 aliphatic heterocycles. The molecule has 1 aromatic heterocycles. The predicted molar refractivity (Wildman–Crippen MR) is 75.5 cm³/mol. The summed E-state index contributed by atoms with van der Waals surface area (Å²) in [5.74, 6) is -1.07. The molecular weight excluding hydrogens is 346 g/mol. The molecule has 1 unspecified atom stereocenters. The van der Waals surface area contributed by atoms with Crippen molar-refractivity contribution in [3.63, 3.8) is 0 Å². The van der Waals surface area contributed by atoms with Crippen molar-refractivity contribution < 1.29 is 24.0 Å². The molecule has 0 aliphatic carbocycles. The Morgan fingerprint density at radius 2 is 2.14 bits per heavy atom. The summed E-state index contributed by atoms with van der Waals surface area (Å²) < 4.78 is 11.1. The van der Waals surface area contributed by atoms with Gasteiger partial charge < -0.3 is 14.3 Å². The van der Waals surface area contributed by atoms with E-state index in [-0.39, 0.29) is 23.0 Å². The number of ether oxygens (including phenoxy) is 1. The zero-order valence-corrected chi connectivity index (χ0v) is 12.4. The molecule has 1 N–H and O–H groups in total. The van der Waals surface area contributed by atoms with Gasteiger partial charge in [-0.15, -0.1) is 0 Å². The SMILES string of the molecule is CC(Oc1ccc(Br)cc1[N+](=O)[O-])c1ccc(C(=O)O)o1. The lowest BCUT2D eigenvalue weighted by atomic mass is 10.2. The summed E-state index contributed by atoms with van der Waals surface area (Å²) in [6.45, 7) is 1.61. The second kappa shape index (κ2) is 5.96. The van der Waals surface area contributed by atoms with Crippen LogP contribution in [0.2, 0.25) is 0 Å². The van der Waals surface area contributed by atoms with Gasteiger partial charge in [0.25, 0.3) is 0 Å². The third-order valence-electron chi connectivity index (χ3n) is 2.66. The average Bonchev–Trinajstić information content (AvgIpc) is 2.90. The third kappa shape index (κ3) is 3.40. The molecule has 0 saturated carbocycles. The van der Waals surface area contributed by atoms with Gasteiger partial charge in [0.05, 0.1) is 4.92 Å². The van der Waals surface area contributed by atoms with E-state index >= 15 is 0 Å². The number of carboxylic acids is 1. The van der Waals surface area contributed by atoms with Crippen LogP contribution in [0.15, 0.2) is 39.2 Å². The number of hydrogen-bond donors (Lipinski definition) is 1. The van der Waals surface area contributed by atoms with Gasteiger partial charge in [0.2, 0.25) is 5.76 Å². The van der Waals surface area contributed by atoms with Gasteiger partial charge >= 0.3 is 11.7 Å². The first-order chi connectivity index (χ1) is 9.88. The number of nitrogens with zero attached hydrogens (tertiary/aromatic N) is 1. The van der Waals surface area contributed by atoms with E-state index in [0.717, 1.165) is 0 Å². The topological polar surface area (TPSA) is 103 Å². The highest BCUT2D eigenvalue weighted by Gasteiger charge is 2.21. The Kier molecular flexibility index (Phi) is 4.27. The van der Waals surface area contributed by atoms with E-state index in [1.807, 2.05) is 0 Å². The molecule has 1 heterocycles. The molecule has 8 heteroatoms. The maximum absolute atomic E-state index is 11.0. The molecule has 7 nitrogen and oxygen atoms in total. The number of carboxylic acid groups (broad SMARTS) is 1. The number of aromatic carboxylic acids is 1. The fourth-order valence-electron chi connectivity index (χ4n) is 1.67. The van der Waals surface area contributed by atoms with E-state index in [9.17, 15) is 14.9 Å². The number of nitro groups is 1. The fourth-order valence-corrected chi connectivity index (χ4v) is 2.02. The van der Waals surface area contributed by atoms with Crippen LogP contribution in [0.3, 0.4) is 0 Å². The van der Waals surface area contributed by atoms with Gasteiger partial charge in [-0.25, -0.2) is 4.79 Å². The van der Waals surface area contributed by atoms with E-state index in [2.05, 4.69) is 15.9 Å². The van der Waals surface area contributed by atoms with Crippen molar-refractivity contribution in [3.8, 4) is 5.75 Å². The number of hydrogen-bond acceptors (Lipinski definition) is 5. The van der Waals surface area contributed by atoms with Crippen molar-refractivity contribution in [2.45, 2.75) is 13.0 Å². The molecule has 2 aromatic rings.